The Hall–Kier alpha value is -5.70. The van der Waals surface area contributed by atoms with Gasteiger partial charge >= 0.3 is 12.2 Å². The molecule has 2 amide bonds. The van der Waals surface area contributed by atoms with E-state index in [4.69, 9.17) is 14.2 Å². The van der Waals surface area contributed by atoms with Crippen LogP contribution in [0.3, 0.4) is 0 Å². The molecule has 0 radical (unpaired) electrons. The van der Waals surface area contributed by atoms with E-state index in [2.05, 4.69) is 10.6 Å². The number of benzene rings is 5. The summed E-state index contributed by atoms with van der Waals surface area (Å²) < 4.78 is 44.3. The van der Waals surface area contributed by atoms with E-state index in [1.807, 2.05) is 78.9 Å². The molecule has 0 unspecified atom stereocenters. The van der Waals surface area contributed by atoms with E-state index in [0.29, 0.717) is 25.1 Å². The highest BCUT2D eigenvalue weighted by atomic mass is 19.1. The molecule has 0 spiro atoms. The van der Waals surface area contributed by atoms with Gasteiger partial charge in [0.2, 0.25) is 0 Å². The Labute approximate surface area is 278 Å². The molecule has 5 aromatic carbocycles. The minimum atomic E-state index is -0.602. The van der Waals surface area contributed by atoms with Gasteiger partial charge in [-0.15, -0.1) is 0 Å². The Kier molecular flexibility index (Phi) is 12.1. The molecular formula is C39H36F2N2O5. The fourth-order valence-corrected chi connectivity index (χ4v) is 4.94. The van der Waals surface area contributed by atoms with Crippen molar-refractivity contribution in [3.63, 3.8) is 0 Å². The van der Waals surface area contributed by atoms with Crippen LogP contribution in [0.25, 0.3) is 22.3 Å². The summed E-state index contributed by atoms with van der Waals surface area (Å²) in [6.07, 6.45) is -0.159. The van der Waals surface area contributed by atoms with Gasteiger partial charge in [-0.3, -0.25) is 0 Å². The van der Waals surface area contributed by atoms with E-state index in [1.54, 1.807) is 24.3 Å². The van der Waals surface area contributed by atoms with Crippen LogP contribution in [0.2, 0.25) is 0 Å². The number of hydrogen-bond acceptors (Lipinski definition) is 5. The Balaban J connectivity index is 1.25. The van der Waals surface area contributed by atoms with Crippen molar-refractivity contribution in [3.8, 4) is 28.0 Å². The van der Waals surface area contributed by atoms with Gasteiger partial charge in [0.1, 0.15) is 37.2 Å². The maximum Gasteiger partial charge on any atom is 0.407 e. The molecule has 0 saturated carbocycles. The van der Waals surface area contributed by atoms with Crippen molar-refractivity contribution in [2.75, 3.05) is 13.2 Å². The second-order valence-electron chi connectivity index (χ2n) is 11.1. The van der Waals surface area contributed by atoms with Crippen LogP contribution in [0.5, 0.6) is 5.75 Å². The third kappa shape index (κ3) is 10.7. The number of nitrogens with one attached hydrogen (secondary N) is 2. The third-order valence-corrected chi connectivity index (χ3v) is 7.46. The quantitative estimate of drug-likeness (QED) is 0.118. The standard InChI is InChI=1S/C39H36F2N2O5/c40-34-17-13-30(14-18-34)32-22-33(31-15-19-35(41)20-16-31)24-37(23-32)46-27-36(43-39(45)48-26-29-10-5-2-6-11-29)12-7-21-42-38(44)47-25-28-8-3-1-4-9-28/h1-6,8-11,13-20,22-24,36H,7,12,21,25-27H2,(H,42,44)(H,43,45)/t36-/m0/s1. The van der Waals surface area contributed by atoms with Gasteiger partial charge < -0.3 is 24.8 Å². The second-order valence-corrected chi connectivity index (χ2v) is 11.1. The first-order chi connectivity index (χ1) is 23.4. The van der Waals surface area contributed by atoms with Crippen molar-refractivity contribution < 1.29 is 32.6 Å². The van der Waals surface area contributed by atoms with Gasteiger partial charge in [-0.2, -0.15) is 0 Å². The van der Waals surface area contributed by atoms with Gasteiger partial charge in [-0.05, 0) is 88.7 Å². The molecule has 0 fully saturated rings. The fourth-order valence-electron chi connectivity index (χ4n) is 4.94. The zero-order chi connectivity index (χ0) is 33.6. The molecule has 7 nitrogen and oxygen atoms in total. The molecule has 2 N–H and O–H groups in total. The molecule has 0 saturated heterocycles. The van der Waals surface area contributed by atoms with Crippen molar-refractivity contribution in [3.05, 3.63) is 150 Å². The van der Waals surface area contributed by atoms with Crippen LogP contribution < -0.4 is 15.4 Å². The van der Waals surface area contributed by atoms with Crippen molar-refractivity contribution in [2.45, 2.75) is 32.1 Å². The summed E-state index contributed by atoms with van der Waals surface area (Å²) >= 11 is 0. The molecule has 0 bridgehead atoms. The van der Waals surface area contributed by atoms with Gasteiger partial charge in [0.05, 0.1) is 6.04 Å². The van der Waals surface area contributed by atoms with Crippen LogP contribution in [0.1, 0.15) is 24.0 Å². The highest BCUT2D eigenvalue weighted by Gasteiger charge is 2.16. The predicted octanol–water partition coefficient (Wildman–Crippen LogP) is 8.68. The van der Waals surface area contributed by atoms with Crippen LogP contribution in [0.15, 0.2) is 127 Å². The number of ether oxygens (including phenoxy) is 3. The molecule has 0 aliphatic carbocycles. The van der Waals surface area contributed by atoms with Gasteiger partial charge in [0.25, 0.3) is 0 Å². The lowest BCUT2D eigenvalue weighted by Crippen LogP contribution is -2.40. The van der Waals surface area contributed by atoms with E-state index < -0.39 is 18.2 Å². The monoisotopic (exact) mass is 650 g/mol. The van der Waals surface area contributed by atoms with E-state index >= 15 is 0 Å². The topological polar surface area (TPSA) is 85.9 Å². The third-order valence-electron chi connectivity index (χ3n) is 7.46. The summed E-state index contributed by atoms with van der Waals surface area (Å²) in [5.74, 6) is -0.197. The summed E-state index contributed by atoms with van der Waals surface area (Å²) in [7, 11) is 0. The SMILES string of the molecule is O=C(NCCC[C@@H](COc1cc(-c2ccc(F)cc2)cc(-c2ccc(F)cc2)c1)NC(=O)OCc1ccccc1)OCc1ccccc1. The number of halogens is 2. The first-order valence-corrected chi connectivity index (χ1v) is 15.6. The molecule has 246 valence electrons. The lowest BCUT2D eigenvalue weighted by molar-refractivity contribution is 0.128. The van der Waals surface area contributed by atoms with Crippen LogP contribution in [0, 0.1) is 11.6 Å². The van der Waals surface area contributed by atoms with Crippen molar-refractivity contribution in [1.29, 1.82) is 0 Å². The highest BCUT2D eigenvalue weighted by molar-refractivity contribution is 5.75. The van der Waals surface area contributed by atoms with E-state index in [9.17, 15) is 18.4 Å². The normalized spacial score (nSPS) is 11.3. The average Bonchev–Trinajstić information content (AvgIpc) is 3.12. The zero-order valence-electron chi connectivity index (χ0n) is 26.2. The minimum Gasteiger partial charge on any atom is -0.491 e. The Morgan fingerprint density at radius 2 is 1.10 bits per heavy atom. The molecule has 1 atom stereocenters. The molecule has 9 heteroatoms. The van der Waals surface area contributed by atoms with Gasteiger partial charge in [-0.25, -0.2) is 18.4 Å². The predicted molar refractivity (Wildman–Crippen MR) is 180 cm³/mol. The summed E-state index contributed by atoms with van der Waals surface area (Å²) in [6.45, 7) is 0.679. The summed E-state index contributed by atoms with van der Waals surface area (Å²) in [5.41, 5.74) is 4.83. The van der Waals surface area contributed by atoms with Crippen molar-refractivity contribution in [1.82, 2.24) is 10.6 Å². The number of carbonyl (C=O) groups is 2. The zero-order valence-corrected chi connectivity index (χ0v) is 26.2. The lowest BCUT2D eigenvalue weighted by atomic mass is 9.98. The maximum atomic E-state index is 13.7. The Morgan fingerprint density at radius 1 is 0.604 bits per heavy atom. The van der Waals surface area contributed by atoms with E-state index in [1.165, 1.54) is 24.3 Å². The number of rotatable bonds is 14. The first-order valence-electron chi connectivity index (χ1n) is 15.6. The van der Waals surface area contributed by atoms with E-state index in [-0.39, 0.29) is 31.5 Å². The van der Waals surface area contributed by atoms with Gasteiger partial charge in [-0.1, -0.05) is 84.9 Å². The first kappa shape index (κ1) is 33.7. The fraction of sp³-hybridized carbons (Fsp3) is 0.179. The molecule has 0 aliphatic rings. The van der Waals surface area contributed by atoms with Crippen LogP contribution >= 0.6 is 0 Å². The highest BCUT2D eigenvalue weighted by Crippen LogP contribution is 2.32. The largest absolute Gasteiger partial charge is 0.491 e. The molecule has 5 aromatic rings. The average molecular weight is 651 g/mol. The number of carbonyl (C=O) groups excluding carboxylic acids is 2. The number of hydrogen-bond donors (Lipinski definition) is 2. The number of alkyl carbamates (subject to hydrolysis) is 2. The molecular weight excluding hydrogens is 614 g/mol. The maximum absolute atomic E-state index is 13.7. The summed E-state index contributed by atoms with van der Waals surface area (Å²) in [5, 5.41) is 5.63. The molecule has 0 aromatic heterocycles. The van der Waals surface area contributed by atoms with Crippen molar-refractivity contribution >= 4 is 12.2 Å². The molecule has 5 rings (SSSR count). The van der Waals surface area contributed by atoms with Gasteiger partial charge in [0.15, 0.2) is 0 Å². The van der Waals surface area contributed by atoms with Crippen LogP contribution in [-0.4, -0.2) is 31.4 Å². The Bertz CT molecular complexity index is 1690. The lowest BCUT2D eigenvalue weighted by Gasteiger charge is -2.20. The second kappa shape index (κ2) is 17.3. The smallest absolute Gasteiger partial charge is 0.407 e. The molecule has 0 heterocycles. The van der Waals surface area contributed by atoms with Crippen molar-refractivity contribution in [2.24, 2.45) is 0 Å². The Morgan fingerprint density at radius 3 is 1.62 bits per heavy atom. The molecule has 0 aliphatic heterocycles. The molecule has 48 heavy (non-hydrogen) atoms. The number of amides is 2. The van der Waals surface area contributed by atoms with Gasteiger partial charge in [0, 0.05) is 6.54 Å². The summed E-state index contributed by atoms with van der Waals surface area (Å²) in [4.78, 5) is 25.0. The van der Waals surface area contributed by atoms with E-state index in [0.717, 1.165) is 33.4 Å². The minimum absolute atomic E-state index is 0.0919. The van der Waals surface area contributed by atoms with Crippen LogP contribution in [-0.2, 0) is 22.7 Å². The van der Waals surface area contributed by atoms with Crippen LogP contribution in [0.4, 0.5) is 18.4 Å². The summed E-state index contributed by atoms with van der Waals surface area (Å²) in [6, 6.07) is 36.1.